The van der Waals surface area contributed by atoms with Gasteiger partial charge >= 0.3 is 35.8 Å². The number of rotatable bonds is 40. The van der Waals surface area contributed by atoms with E-state index in [-0.39, 0.29) is 94.6 Å². The van der Waals surface area contributed by atoms with Crippen LogP contribution in [-0.4, -0.2) is 93.3 Å². The van der Waals surface area contributed by atoms with Crippen LogP contribution in [0.2, 0.25) is 0 Å². The lowest BCUT2D eigenvalue weighted by molar-refractivity contribution is -0.167. The summed E-state index contributed by atoms with van der Waals surface area (Å²) in [6.45, 7) is 11.1. The molecule has 0 fully saturated rings. The number of esters is 6. The summed E-state index contributed by atoms with van der Waals surface area (Å²) < 4.78 is 31.6. The minimum absolute atomic E-state index is 0.0540. The highest BCUT2D eigenvalue weighted by Crippen LogP contribution is 2.15. The van der Waals surface area contributed by atoms with E-state index in [1.807, 2.05) is 78.0 Å². The van der Waals surface area contributed by atoms with E-state index < -0.39 is 36.1 Å². The molecule has 0 heterocycles. The topological polar surface area (TPSA) is 209 Å². The lowest BCUT2D eigenvalue weighted by Crippen LogP contribution is -2.31. The first kappa shape index (κ1) is 63.1. The highest BCUT2D eigenvalue weighted by Gasteiger charge is 2.22. The minimum Gasteiger partial charge on any atom is -0.462 e. The third-order valence-electron chi connectivity index (χ3n) is 9.88. The molecule has 0 aliphatic heterocycles. The quantitative estimate of drug-likeness (QED) is 0.0243. The summed E-state index contributed by atoms with van der Waals surface area (Å²) in [4.78, 5) is 105. The largest absolute Gasteiger partial charge is 0.462 e. The van der Waals surface area contributed by atoms with Gasteiger partial charge in [0.05, 0.1) is 0 Å². The number of aldehydes is 3. The summed E-state index contributed by atoms with van der Waals surface area (Å²) in [7, 11) is 0. The molecule has 0 spiro atoms. The summed E-state index contributed by atoms with van der Waals surface area (Å²) in [5.41, 5.74) is 0. The van der Waals surface area contributed by atoms with Crippen LogP contribution < -0.4 is 0 Å². The molecular weight excluding hydrogens is 853 g/mol. The fraction of sp³-hybridized carbons (Fsp3) is 0.706. The number of carbonyl (C=O) groups excluding carboxylic acids is 9. The predicted molar refractivity (Wildman–Crippen MR) is 251 cm³/mol. The Bertz CT molecular complexity index is 1360. The molecule has 0 aliphatic rings. The van der Waals surface area contributed by atoms with E-state index >= 15 is 0 Å². The number of allylic oxidation sites excluding steroid dienone is 6. The zero-order valence-electron chi connectivity index (χ0n) is 40.9. The van der Waals surface area contributed by atoms with Crippen LogP contribution in [0.25, 0.3) is 0 Å². The Morgan fingerprint density at radius 1 is 0.379 bits per heavy atom. The number of hydrogen-bond donors (Lipinski definition) is 0. The number of ether oxygens (including phenoxy) is 6. The van der Waals surface area contributed by atoms with E-state index in [0.717, 1.165) is 51.0 Å². The summed E-state index contributed by atoms with van der Waals surface area (Å²) >= 11 is 0. The molecule has 0 bridgehead atoms. The van der Waals surface area contributed by atoms with Crippen molar-refractivity contribution in [1.82, 2.24) is 0 Å². The summed E-state index contributed by atoms with van der Waals surface area (Å²) in [6.07, 6.45) is 23.5. The maximum atomic E-state index is 12.3. The predicted octanol–water partition coefficient (Wildman–Crippen LogP) is 9.39. The van der Waals surface area contributed by atoms with Crippen molar-refractivity contribution in [2.45, 2.75) is 189 Å². The summed E-state index contributed by atoms with van der Waals surface area (Å²) in [5.74, 6) is -3.30. The molecule has 66 heavy (non-hydrogen) atoms. The normalized spacial score (nSPS) is 13.0. The molecule has 0 N–H and O–H groups in total. The molecule has 0 saturated heterocycles. The number of hydrogen-bond acceptors (Lipinski definition) is 15. The zero-order chi connectivity index (χ0) is 49.6. The Hall–Kier alpha value is -4.95. The average molecular weight is 935 g/mol. The van der Waals surface area contributed by atoms with Crippen LogP contribution in [0.3, 0.4) is 0 Å². The van der Waals surface area contributed by atoms with Gasteiger partial charge in [0.15, 0.2) is 12.2 Å². The molecule has 0 amide bonds. The first-order chi connectivity index (χ1) is 31.9. The third-order valence-corrected chi connectivity index (χ3v) is 9.88. The molecule has 0 rings (SSSR count). The van der Waals surface area contributed by atoms with Crippen LogP contribution in [0.4, 0.5) is 0 Å². The van der Waals surface area contributed by atoms with Gasteiger partial charge in [-0.3, -0.25) is 28.8 Å². The highest BCUT2D eigenvalue weighted by atomic mass is 16.6. The lowest BCUT2D eigenvalue weighted by atomic mass is 10.00. The second-order valence-electron chi connectivity index (χ2n) is 15.9. The summed E-state index contributed by atoms with van der Waals surface area (Å²) in [5, 5.41) is 0. The van der Waals surface area contributed by atoms with Gasteiger partial charge in [0.25, 0.3) is 0 Å². The monoisotopic (exact) mass is 935 g/mol. The van der Waals surface area contributed by atoms with Gasteiger partial charge in [-0.1, -0.05) is 90.8 Å². The SMILES string of the molecule is CC/C=C\CCC(=O)OCC(COC(=O)CC/C=C\CC)OC(=O)CC/C=C\CC.CCCC(C=O)CCC(=O)OCC(COC(=O)CCC(C=O)CCC)OC(=O)CCCC(C=O)CC. The van der Waals surface area contributed by atoms with Crippen molar-refractivity contribution in [2.24, 2.45) is 17.8 Å². The Balaban J connectivity index is 0. The van der Waals surface area contributed by atoms with Gasteiger partial charge in [0.1, 0.15) is 45.3 Å². The van der Waals surface area contributed by atoms with Gasteiger partial charge in [-0.15, -0.1) is 0 Å². The van der Waals surface area contributed by atoms with Gasteiger partial charge in [-0.05, 0) is 83.5 Å². The molecule has 376 valence electrons. The van der Waals surface area contributed by atoms with Crippen LogP contribution in [0.15, 0.2) is 36.5 Å². The molecule has 0 aromatic carbocycles. The molecular formula is C51H82O15. The smallest absolute Gasteiger partial charge is 0.306 e. The molecule has 15 nitrogen and oxygen atoms in total. The van der Waals surface area contributed by atoms with Gasteiger partial charge < -0.3 is 42.8 Å². The maximum absolute atomic E-state index is 12.3. The van der Waals surface area contributed by atoms with Crippen molar-refractivity contribution in [3.8, 4) is 0 Å². The first-order valence-electron chi connectivity index (χ1n) is 24.2. The van der Waals surface area contributed by atoms with Crippen LogP contribution in [-0.2, 0) is 71.6 Å². The molecule has 3 atom stereocenters. The van der Waals surface area contributed by atoms with Crippen molar-refractivity contribution in [3.05, 3.63) is 36.5 Å². The van der Waals surface area contributed by atoms with E-state index in [2.05, 4.69) is 0 Å². The summed E-state index contributed by atoms with van der Waals surface area (Å²) in [6, 6.07) is 0. The van der Waals surface area contributed by atoms with Gasteiger partial charge in [0.2, 0.25) is 0 Å². The van der Waals surface area contributed by atoms with Crippen LogP contribution in [0, 0.1) is 17.8 Å². The Morgan fingerprint density at radius 3 is 1.03 bits per heavy atom. The van der Waals surface area contributed by atoms with Gasteiger partial charge in [-0.2, -0.15) is 0 Å². The van der Waals surface area contributed by atoms with Crippen molar-refractivity contribution in [2.75, 3.05) is 26.4 Å². The fourth-order valence-corrected chi connectivity index (χ4v) is 6.00. The Morgan fingerprint density at radius 2 is 0.712 bits per heavy atom. The molecule has 0 aromatic heterocycles. The first-order valence-corrected chi connectivity index (χ1v) is 24.2. The van der Waals surface area contributed by atoms with Crippen molar-refractivity contribution < 1.29 is 71.6 Å². The lowest BCUT2D eigenvalue weighted by Gasteiger charge is -2.19. The van der Waals surface area contributed by atoms with Crippen LogP contribution in [0.1, 0.15) is 176 Å². The second kappa shape index (κ2) is 45.2. The van der Waals surface area contributed by atoms with Crippen molar-refractivity contribution in [1.29, 1.82) is 0 Å². The molecule has 0 radical (unpaired) electrons. The van der Waals surface area contributed by atoms with E-state index in [9.17, 15) is 43.2 Å². The van der Waals surface area contributed by atoms with E-state index in [1.54, 1.807) is 0 Å². The highest BCUT2D eigenvalue weighted by molar-refractivity contribution is 5.72. The van der Waals surface area contributed by atoms with E-state index in [0.29, 0.717) is 64.2 Å². The molecule has 3 unspecified atom stereocenters. The van der Waals surface area contributed by atoms with Crippen LogP contribution in [0.5, 0.6) is 0 Å². The fourth-order valence-electron chi connectivity index (χ4n) is 6.00. The molecule has 15 heteroatoms. The van der Waals surface area contributed by atoms with Gasteiger partial charge in [-0.25, -0.2) is 0 Å². The standard InChI is InChI=1S/C27H44O9.C24H38O6/c1-4-8-22(17-29)12-14-25(31)34-19-24(36-27(33)11-7-10-21(6-3)16-28)20-35-26(32)15-13-23(18-30)9-5-2;1-4-7-10-13-16-22(25)28-19-21(30-24(27)18-15-12-9-6-3)20-29-23(26)17-14-11-8-5-2/h16-18,21-24H,4-15,19-20H2,1-3H3;7-12,21H,4-6,13-20H2,1-3H3/b;10-7-,11-8-,12-9-. The third kappa shape index (κ3) is 39.4. The zero-order valence-corrected chi connectivity index (χ0v) is 40.9. The maximum Gasteiger partial charge on any atom is 0.306 e. The minimum atomic E-state index is -0.978. The molecule has 0 saturated carbocycles. The van der Waals surface area contributed by atoms with E-state index in [4.69, 9.17) is 28.4 Å². The number of carbonyl (C=O) groups is 9. The van der Waals surface area contributed by atoms with Gasteiger partial charge in [0, 0.05) is 56.3 Å². The van der Waals surface area contributed by atoms with Crippen molar-refractivity contribution >= 4 is 54.7 Å². The Labute approximate surface area is 394 Å². The van der Waals surface area contributed by atoms with Crippen LogP contribution >= 0.6 is 0 Å². The van der Waals surface area contributed by atoms with E-state index in [1.165, 1.54) is 0 Å². The molecule has 0 aromatic rings. The average Bonchev–Trinajstić information content (AvgIpc) is 3.31. The second-order valence-corrected chi connectivity index (χ2v) is 15.9. The van der Waals surface area contributed by atoms with Crippen molar-refractivity contribution in [3.63, 3.8) is 0 Å². The molecule has 0 aliphatic carbocycles. The Kier molecular flexibility index (Phi) is 43.3.